The largest absolute Gasteiger partial charge is 0.394 e. The van der Waals surface area contributed by atoms with E-state index in [0.29, 0.717) is 5.56 Å². The van der Waals surface area contributed by atoms with Crippen molar-refractivity contribution in [3.63, 3.8) is 0 Å². The third kappa shape index (κ3) is 3.21. The number of ketones is 1. The van der Waals surface area contributed by atoms with Crippen molar-refractivity contribution < 1.29 is 24.5 Å². The number of carbonyl (C=O) groups is 1. The quantitative estimate of drug-likeness (QED) is 0.866. The molecule has 5 heteroatoms. The summed E-state index contributed by atoms with van der Waals surface area (Å²) >= 11 is 0. The minimum atomic E-state index is -1.61. The molecule has 0 aliphatic carbocycles. The van der Waals surface area contributed by atoms with Crippen LogP contribution in [-0.2, 0) is 39.5 Å². The van der Waals surface area contributed by atoms with Gasteiger partial charge < -0.3 is 19.7 Å². The van der Waals surface area contributed by atoms with Crippen molar-refractivity contribution in [2.75, 3.05) is 6.61 Å². The third-order valence-corrected chi connectivity index (χ3v) is 5.45. The van der Waals surface area contributed by atoms with Crippen molar-refractivity contribution in [3.8, 4) is 0 Å². The fourth-order valence-electron chi connectivity index (χ4n) is 3.88. The lowest BCUT2D eigenvalue weighted by Crippen LogP contribution is -2.53. The number of aryl methyl sites for hydroxylation is 1. The Balaban J connectivity index is 1.66. The summed E-state index contributed by atoms with van der Waals surface area (Å²) in [6.07, 6.45) is -0.0134. The highest BCUT2D eigenvalue weighted by Crippen LogP contribution is 2.43. The van der Waals surface area contributed by atoms with Gasteiger partial charge in [-0.3, -0.25) is 4.79 Å². The van der Waals surface area contributed by atoms with Crippen molar-refractivity contribution in [3.05, 3.63) is 70.3 Å². The molecule has 0 amide bonds. The molecule has 4 rings (SSSR count). The Morgan fingerprint density at radius 3 is 2.52 bits per heavy atom. The second-order valence-electron chi connectivity index (χ2n) is 7.28. The first-order valence-electron chi connectivity index (χ1n) is 9.41. The number of fused-ring (bicyclic) bond motifs is 2. The van der Waals surface area contributed by atoms with Crippen LogP contribution in [-0.4, -0.2) is 34.8 Å². The van der Waals surface area contributed by atoms with E-state index in [0.717, 1.165) is 24.0 Å². The Bertz CT molecular complexity index is 844. The molecule has 0 bridgehead atoms. The van der Waals surface area contributed by atoms with Crippen LogP contribution in [0, 0.1) is 0 Å². The minimum absolute atomic E-state index is 0.0826. The van der Waals surface area contributed by atoms with Crippen molar-refractivity contribution in [2.24, 2.45) is 0 Å². The monoisotopic (exact) mass is 368 g/mol. The van der Waals surface area contributed by atoms with E-state index in [2.05, 4.69) is 31.2 Å². The normalized spacial score (nSPS) is 27.1. The van der Waals surface area contributed by atoms with Crippen LogP contribution in [0.2, 0.25) is 0 Å². The Kier molecular flexibility index (Phi) is 4.86. The zero-order valence-corrected chi connectivity index (χ0v) is 15.4. The Morgan fingerprint density at radius 2 is 1.81 bits per heavy atom. The standard InChI is InChI=1S/C22H24O5/c1-2-14-3-5-15(6-4-14)9-16-7-8-17-13-26-22(19(17)10-16)21(25)20(24)11-18(12-23)27-22/h3-8,10,18,20,23-24H,2,9,11-13H2,1H3/t18-,20-,22-/m0/s1. The van der Waals surface area contributed by atoms with Crippen LogP contribution >= 0.6 is 0 Å². The molecule has 0 aromatic heterocycles. The van der Waals surface area contributed by atoms with Crippen molar-refractivity contribution >= 4 is 5.78 Å². The van der Waals surface area contributed by atoms with Gasteiger partial charge in [-0.05, 0) is 41.2 Å². The van der Waals surface area contributed by atoms with E-state index in [1.807, 2.05) is 18.2 Å². The molecule has 2 aromatic carbocycles. The number of benzene rings is 2. The number of ether oxygens (including phenoxy) is 2. The molecule has 5 nitrogen and oxygen atoms in total. The van der Waals surface area contributed by atoms with Crippen LogP contribution in [0.25, 0.3) is 0 Å². The molecule has 2 aliphatic heterocycles. The number of hydrogen-bond acceptors (Lipinski definition) is 5. The molecule has 142 valence electrons. The molecule has 1 fully saturated rings. The molecule has 0 radical (unpaired) electrons. The smallest absolute Gasteiger partial charge is 0.260 e. The highest BCUT2D eigenvalue weighted by atomic mass is 16.7. The molecule has 0 saturated carbocycles. The molecular formula is C22H24O5. The summed E-state index contributed by atoms with van der Waals surface area (Å²) < 4.78 is 11.6. The average molecular weight is 368 g/mol. The molecule has 1 spiro atoms. The zero-order valence-electron chi connectivity index (χ0n) is 15.4. The lowest BCUT2D eigenvalue weighted by atomic mass is 9.89. The van der Waals surface area contributed by atoms with E-state index in [1.54, 1.807) is 0 Å². The molecule has 2 heterocycles. The second-order valence-corrected chi connectivity index (χ2v) is 7.28. The number of hydrogen-bond donors (Lipinski definition) is 2. The number of aliphatic hydroxyl groups excluding tert-OH is 2. The first kappa shape index (κ1) is 18.3. The fraction of sp³-hybridized carbons (Fsp3) is 0.409. The maximum atomic E-state index is 12.7. The number of Topliss-reactive ketones (excluding diaryl/α,β-unsaturated/α-hetero) is 1. The lowest BCUT2D eigenvalue weighted by Gasteiger charge is -2.38. The molecule has 1 saturated heterocycles. The summed E-state index contributed by atoms with van der Waals surface area (Å²) in [4.78, 5) is 12.7. The summed E-state index contributed by atoms with van der Waals surface area (Å²) in [5, 5.41) is 19.6. The van der Waals surface area contributed by atoms with Crippen molar-refractivity contribution in [1.29, 1.82) is 0 Å². The summed E-state index contributed by atoms with van der Waals surface area (Å²) in [6.45, 7) is 2.11. The first-order chi connectivity index (χ1) is 13.1. The molecular weight excluding hydrogens is 344 g/mol. The van der Waals surface area contributed by atoms with E-state index >= 15 is 0 Å². The predicted molar refractivity (Wildman–Crippen MR) is 99.1 cm³/mol. The van der Waals surface area contributed by atoms with Crippen molar-refractivity contribution in [2.45, 2.75) is 50.8 Å². The van der Waals surface area contributed by atoms with Gasteiger partial charge in [0.15, 0.2) is 0 Å². The third-order valence-electron chi connectivity index (χ3n) is 5.45. The van der Waals surface area contributed by atoms with Gasteiger partial charge >= 0.3 is 0 Å². The highest BCUT2D eigenvalue weighted by molar-refractivity contribution is 5.92. The topological polar surface area (TPSA) is 76.0 Å². The number of carbonyl (C=O) groups excluding carboxylic acids is 1. The van der Waals surface area contributed by atoms with Gasteiger partial charge in [-0.1, -0.05) is 43.3 Å². The summed E-state index contributed by atoms with van der Waals surface area (Å²) in [7, 11) is 0. The number of aliphatic hydroxyl groups is 2. The fourth-order valence-corrected chi connectivity index (χ4v) is 3.88. The van der Waals surface area contributed by atoms with Gasteiger partial charge in [-0.25, -0.2) is 0 Å². The van der Waals surface area contributed by atoms with Crippen LogP contribution in [0.3, 0.4) is 0 Å². The lowest BCUT2D eigenvalue weighted by molar-refractivity contribution is -0.274. The maximum absolute atomic E-state index is 12.7. The van der Waals surface area contributed by atoms with E-state index in [-0.39, 0.29) is 19.6 Å². The van der Waals surface area contributed by atoms with Gasteiger partial charge in [0.05, 0.1) is 19.3 Å². The summed E-state index contributed by atoms with van der Waals surface area (Å²) in [5.74, 6) is -2.10. The van der Waals surface area contributed by atoms with Crippen LogP contribution in [0.5, 0.6) is 0 Å². The zero-order chi connectivity index (χ0) is 19.0. The Hall–Kier alpha value is -2.05. The Morgan fingerprint density at radius 1 is 1.11 bits per heavy atom. The van der Waals surface area contributed by atoms with Gasteiger partial charge in [0.25, 0.3) is 5.79 Å². The van der Waals surface area contributed by atoms with Crippen molar-refractivity contribution in [1.82, 2.24) is 0 Å². The second kappa shape index (κ2) is 7.17. The van der Waals surface area contributed by atoms with E-state index in [9.17, 15) is 15.0 Å². The SMILES string of the molecule is CCc1ccc(Cc2ccc3c(c2)[C@]2(OC3)O[C@H](CO)C[C@H](O)C2=O)cc1. The van der Waals surface area contributed by atoms with Gasteiger partial charge in [0.2, 0.25) is 5.78 Å². The van der Waals surface area contributed by atoms with Crippen LogP contribution < -0.4 is 0 Å². The van der Waals surface area contributed by atoms with Gasteiger partial charge in [0.1, 0.15) is 6.10 Å². The minimum Gasteiger partial charge on any atom is -0.394 e. The average Bonchev–Trinajstić information content (AvgIpc) is 3.05. The van der Waals surface area contributed by atoms with Gasteiger partial charge in [-0.15, -0.1) is 0 Å². The molecule has 27 heavy (non-hydrogen) atoms. The van der Waals surface area contributed by atoms with E-state index < -0.39 is 23.8 Å². The molecule has 3 atom stereocenters. The molecule has 2 aromatic rings. The molecule has 2 N–H and O–H groups in total. The molecule has 2 aliphatic rings. The van der Waals surface area contributed by atoms with Crippen LogP contribution in [0.4, 0.5) is 0 Å². The van der Waals surface area contributed by atoms with Crippen LogP contribution in [0.15, 0.2) is 42.5 Å². The van der Waals surface area contributed by atoms with E-state index in [1.165, 1.54) is 11.1 Å². The predicted octanol–water partition coefficient (Wildman–Crippen LogP) is 2.23. The van der Waals surface area contributed by atoms with E-state index in [4.69, 9.17) is 9.47 Å². The summed E-state index contributed by atoms with van der Waals surface area (Å²) in [6, 6.07) is 14.4. The maximum Gasteiger partial charge on any atom is 0.260 e. The highest BCUT2D eigenvalue weighted by Gasteiger charge is 2.55. The Labute approximate surface area is 158 Å². The van der Waals surface area contributed by atoms with Gasteiger partial charge in [-0.2, -0.15) is 0 Å². The first-order valence-corrected chi connectivity index (χ1v) is 9.41. The summed E-state index contributed by atoms with van der Waals surface area (Å²) in [5.41, 5.74) is 5.04. The number of rotatable bonds is 4. The van der Waals surface area contributed by atoms with Gasteiger partial charge in [0, 0.05) is 12.0 Å². The van der Waals surface area contributed by atoms with Crippen LogP contribution in [0.1, 0.15) is 41.2 Å². The molecule has 0 unspecified atom stereocenters.